The predicted octanol–water partition coefficient (Wildman–Crippen LogP) is 4.55. The van der Waals surface area contributed by atoms with Crippen LogP contribution in [0.2, 0.25) is 5.02 Å². The van der Waals surface area contributed by atoms with Gasteiger partial charge in [-0.3, -0.25) is 9.78 Å². The van der Waals surface area contributed by atoms with Crippen LogP contribution in [0.1, 0.15) is 26.1 Å². The van der Waals surface area contributed by atoms with Crippen molar-refractivity contribution in [2.24, 2.45) is 0 Å². The van der Waals surface area contributed by atoms with Crippen molar-refractivity contribution in [1.82, 2.24) is 9.97 Å². The molecule has 0 aliphatic carbocycles. The zero-order valence-electron chi connectivity index (χ0n) is 14.5. The van der Waals surface area contributed by atoms with Crippen LogP contribution in [-0.4, -0.2) is 23.0 Å². The number of hydrogen-bond donors (Lipinski definition) is 1. The molecule has 1 amide bonds. The summed E-state index contributed by atoms with van der Waals surface area (Å²) >= 11 is 7.51. The number of halogens is 1. The van der Waals surface area contributed by atoms with Crippen molar-refractivity contribution >= 4 is 34.5 Å². The summed E-state index contributed by atoms with van der Waals surface area (Å²) in [7, 11) is 1.55. The van der Waals surface area contributed by atoms with Crippen molar-refractivity contribution in [2.45, 2.75) is 19.8 Å². The number of hydrogen-bond acceptors (Lipinski definition) is 5. The topological polar surface area (TPSA) is 64.1 Å². The third kappa shape index (κ3) is 4.39. The monoisotopic (exact) mass is 387 g/mol. The highest BCUT2D eigenvalue weighted by Gasteiger charge is 2.16. The lowest BCUT2D eigenvalue weighted by Gasteiger charge is -2.07. The molecule has 0 radical (unpaired) electrons. The maximum atomic E-state index is 12.6. The van der Waals surface area contributed by atoms with Gasteiger partial charge in [0.15, 0.2) is 0 Å². The van der Waals surface area contributed by atoms with Crippen molar-refractivity contribution in [2.75, 3.05) is 12.4 Å². The second kappa shape index (κ2) is 8.29. The summed E-state index contributed by atoms with van der Waals surface area (Å²) in [6.45, 7) is 1.84. The molecule has 1 N–H and O–H groups in total. The third-order valence-corrected chi connectivity index (χ3v) is 5.29. The highest BCUT2D eigenvalue weighted by Crippen LogP contribution is 2.28. The Labute approximate surface area is 161 Å². The van der Waals surface area contributed by atoms with Crippen LogP contribution in [0.3, 0.4) is 0 Å². The summed E-state index contributed by atoms with van der Waals surface area (Å²) in [5.41, 5.74) is 2.35. The van der Waals surface area contributed by atoms with Gasteiger partial charge in [-0.2, -0.15) is 0 Å². The van der Waals surface area contributed by atoms with Crippen LogP contribution in [0.4, 0.5) is 5.69 Å². The largest absolute Gasteiger partial charge is 0.495 e. The number of aryl methyl sites for hydroxylation is 3. The number of benzene rings is 1. The quantitative estimate of drug-likeness (QED) is 0.674. The minimum Gasteiger partial charge on any atom is -0.495 e. The maximum absolute atomic E-state index is 12.6. The number of methoxy groups -OCH3 is 1. The summed E-state index contributed by atoms with van der Waals surface area (Å²) in [5.74, 6) is 0.376. The van der Waals surface area contributed by atoms with E-state index in [1.807, 2.05) is 25.1 Å². The van der Waals surface area contributed by atoms with Crippen molar-refractivity contribution in [3.8, 4) is 5.75 Å². The second-order valence-electron chi connectivity index (χ2n) is 5.65. The fourth-order valence-electron chi connectivity index (χ4n) is 2.48. The molecule has 0 saturated heterocycles. The van der Waals surface area contributed by atoms with E-state index in [4.69, 9.17) is 16.3 Å². The smallest absolute Gasteiger partial charge is 0.267 e. The van der Waals surface area contributed by atoms with Gasteiger partial charge in [0.05, 0.1) is 22.8 Å². The van der Waals surface area contributed by atoms with Crippen molar-refractivity contribution in [1.29, 1.82) is 0 Å². The number of thiazole rings is 1. The minimum absolute atomic E-state index is 0.190. The molecule has 134 valence electrons. The molecule has 0 aliphatic rings. The van der Waals surface area contributed by atoms with Gasteiger partial charge in [0.2, 0.25) is 0 Å². The van der Waals surface area contributed by atoms with Gasteiger partial charge in [-0.05, 0) is 43.7 Å². The lowest BCUT2D eigenvalue weighted by Crippen LogP contribution is -2.11. The van der Waals surface area contributed by atoms with Crippen LogP contribution in [-0.2, 0) is 12.8 Å². The van der Waals surface area contributed by atoms with Gasteiger partial charge in [0.1, 0.15) is 10.6 Å². The van der Waals surface area contributed by atoms with Crippen molar-refractivity contribution in [3.63, 3.8) is 0 Å². The number of nitrogens with one attached hydrogen (secondary N) is 1. The van der Waals surface area contributed by atoms with E-state index in [2.05, 4.69) is 15.3 Å². The molecule has 2 aromatic heterocycles. The van der Waals surface area contributed by atoms with E-state index in [1.54, 1.807) is 31.5 Å². The number of pyridine rings is 1. The van der Waals surface area contributed by atoms with E-state index in [0.717, 1.165) is 29.2 Å². The van der Waals surface area contributed by atoms with Gasteiger partial charge in [-0.15, -0.1) is 11.3 Å². The van der Waals surface area contributed by atoms with E-state index < -0.39 is 0 Å². The molecular weight excluding hydrogens is 370 g/mol. The molecule has 0 unspecified atom stereocenters. The first kappa shape index (κ1) is 18.4. The molecule has 0 atom stereocenters. The summed E-state index contributed by atoms with van der Waals surface area (Å²) in [4.78, 5) is 22.0. The summed E-state index contributed by atoms with van der Waals surface area (Å²) in [5, 5.41) is 4.23. The van der Waals surface area contributed by atoms with Gasteiger partial charge in [-0.25, -0.2) is 4.98 Å². The first-order valence-electron chi connectivity index (χ1n) is 8.08. The molecule has 5 nitrogen and oxygen atoms in total. The molecule has 0 saturated carbocycles. The normalized spacial score (nSPS) is 10.6. The Morgan fingerprint density at radius 1 is 1.27 bits per heavy atom. The molecule has 0 bridgehead atoms. The van der Waals surface area contributed by atoms with E-state index in [9.17, 15) is 4.79 Å². The van der Waals surface area contributed by atoms with Gasteiger partial charge < -0.3 is 10.1 Å². The lowest BCUT2D eigenvalue weighted by atomic mass is 10.2. The van der Waals surface area contributed by atoms with E-state index in [1.165, 1.54) is 11.3 Å². The van der Waals surface area contributed by atoms with Crippen LogP contribution < -0.4 is 10.1 Å². The summed E-state index contributed by atoms with van der Waals surface area (Å²) in [6.07, 6.45) is 3.33. The fourth-order valence-corrected chi connectivity index (χ4v) is 3.70. The zero-order valence-corrected chi connectivity index (χ0v) is 16.0. The highest BCUT2D eigenvalue weighted by atomic mass is 35.5. The van der Waals surface area contributed by atoms with E-state index in [0.29, 0.717) is 21.3 Å². The molecule has 3 aromatic rings. The Bertz CT molecular complexity index is 912. The van der Waals surface area contributed by atoms with Crippen molar-refractivity contribution < 1.29 is 9.53 Å². The van der Waals surface area contributed by atoms with Gasteiger partial charge >= 0.3 is 0 Å². The molecule has 0 aliphatic heterocycles. The maximum Gasteiger partial charge on any atom is 0.267 e. The number of anilines is 1. The molecule has 1 aromatic carbocycles. The fraction of sp³-hybridized carbons (Fsp3) is 0.211. The summed E-state index contributed by atoms with van der Waals surface area (Å²) < 4.78 is 5.12. The Morgan fingerprint density at radius 3 is 2.81 bits per heavy atom. The second-order valence-corrected chi connectivity index (χ2v) is 7.14. The highest BCUT2D eigenvalue weighted by molar-refractivity contribution is 7.13. The zero-order chi connectivity index (χ0) is 18.5. The predicted molar refractivity (Wildman–Crippen MR) is 104 cm³/mol. The number of rotatable bonds is 6. The number of ether oxygens (including phenoxy) is 1. The lowest BCUT2D eigenvalue weighted by molar-refractivity contribution is 0.103. The van der Waals surface area contributed by atoms with Crippen LogP contribution in [0.5, 0.6) is 5.75 Å². The van der Waals surface area contributed by atoms with Gasteiger partial charge in [0, 0.05) is 24.0 Å². The third-order valence-electron chi connectivity index (χ3n) is 3.78. The molecule has 3 rings (SSSR count). The van der Waals surface area contributed by atoms with Crippen molar-refractivity contribution in [3.05, 3.63) is 68.9 Å². The number of carbonyl (C=O) groups is 1. The number of nitrogens with zero attached hydrogens (tertiary/aromatic N) is 2. The standard InChI is InChI=1S/C19H18ClN3O2S/c1-12-18(19(24)23-14-6-8-16(25-2)15(20)11-14)26-17(22-12)9-7-13-5-3-4-10-21-13/h3-6,8,10-11H,7,9H2,1-2H3,(H,23,24). The van der Waals surface area contributed by atoms with E-state index >= 15 is 0 Å². The first-order valence-corrected chi connectivity index (χ1v) is 9.27. The van der Waals surface area contributed by atoms with E-state index in [-0.39, 0.29) is 5.91 Å². The molecule has 26 heavy (non-hydrogen) atoms. The molecule has 2 heterocycles. The molecule has 7 heteroatoms. The number of amides is 1. The molecular formula is C19H18ClN3O2S. The SMILES string of the molecule is COc1ccc(NC(=O)c2sc(CCc3ccccn3)nc2C)cc1Cl. The molecule has 0 fully saturated rings. The van der Waals surface area contributed by atoms with Crippen LogP contribution in [0, 0.1) is 6.92 Å². The first-order chi connectivity index (χ1) is 12.6. The van der Waals surface area contributed by atoms with Crippen LogP contribution in [0.25, 0.3) is 0 Å². The Kier molecular flexibility index (Phi) is 5.85. The van der Waals surface area contributed by atoms with Gasteiger partial charge in [-0.1, -0.05) is 17.7 Å². The Hall–Kier alpha value is -2.44. The average Bonchev–Trinajstić information content (AvgIpc) is 3.02. The Balaban J connectivity index is 1.68. The average molecular weight is 388 g/mol. The Morgan fingerprint density at radius 2 is 2.12 bits per heavy atom. The van der Waals surface area contributed by atoms with Crippen LogP contribution in [0.15, 0.2) is 42.6 Å². The molecule has 0 spiro atoms. The minimum atomic E-state index is -0.190. The summed E-state index contributed by atoms with van der Waals surface area (Å²) in [6, 6.07) is 11.0. The van der Waals surface area contributed by atoms with Crippen LogP contribution >= 0.6 is 22.9 Å². The van der Waals surface area contributed by atoms with Gasteiger partial charge in [0.25, 0.3) is 5.91 Å². The number of carbonyl (C=O) groups excluding carboxylic acids is 1. The number of aromatic nitrogens is 2.